The fourth-order valence-electron chi connectivity index (χ4n) is 2.55. The number of pyridine rings is 1. The number of aliphatic hydroxyl groups is 1. The number of aromatic nitrogens is 1. The molecule has 1 fully saturated rings. The molecule has 1 atom stereocenters. The summed E-state index contributed by atoms with van der Waals surface area (Å²) in [6.07, 6.45) is -4.70. The highest BCUT2D eigenvalue weighted by molar-refractivity contribution is 5.92. The molecule has 7 nitrogen and oxygen atoms in total. The minimum Gasteiger partial charge on any atom is -0.444 e. The predicted molar refractivity (Wildman–Crippen MR) is 88.8 cm³/mol. The van der Waals surface area contributed by atoms with Crippen LogP contribution in [0.2, 0.25) is 0 Å². The van der Waals surface area contributed by atoms with Crippen molar-refractivity contribution in [1.82, 2.24) is 15.2 Å². The number of alkyl halides is 3. The largest absolute Gasteiger partial charge is 0.444 e. The molecule has 2 N–H and O–H groups in total. The Hall–Kier alpha value is -2.36. The van der Waals surface area contributed by atoms with E-state index in [0.29, 0.717) is 5.56 Å². The summed E-state index contributed by atoms with van der Waals surface area (Å²) in [5.74, 6) is -0.714. The fourth-order valence-corrected chi connectivity index (χ4v) is 2.55. The van der Waals surface area contributed by atoms with Crippen molar-refractivity contribution in [1.29, 1.82) is 0 Å². The van der Waals surface area contributed by atoms with Crippen LogP contribution in [0, 0.1) is 0 Å². The summed E-state index contributed by atoms with van der Waals surface area (Å²) < 4.78 is 43.8. The molecule has 1 aromatic heterocycles. The van der Waals surface area contributed by atoms with Crippen LogP contribution in [0.3, 0.4) is 0 Å². The zero-order chi connectivity index (χ0) is 20.5. The number of hydrogen-bond acceptors (Lipinski definition) is 5. The molecule has 0 spiro atoms. The third-order valence-electron chi connectivity index (χ3n) is 3.94. The second-order valence-electron chi connectivity index (χ2n) is 7.41. The number of hydrogen-bond donors (Lipinski definition) is 2. The van der Waals surface area contributed by atoms with Gasteiger partial charge in [-0.25, -0.2) is 4.79 Å². The molecule has 0 aromatic carbocycles. The topological polar surface area (TPSA) is 91.8 Å². The van der Waals surface area contributed by atoms with Gasteiger partial charge in [-0.15, -0.1) is 0 Å². The highest BCUT2D eigenvalue weighted by Crippen LogP contribution is 2.37. The van der Waals surface area contributed by atoms with Crippen LogP contribution in [0.1, 0.15) is 43.2 Å². The summed E-state index contributed by atoms with van der Waals surface area (Å²) in [4.78, 5) is 28.9. The Morgan fingerprint density at radius 1 is 1.37 bits per heavy atom. The Morgan fingerprint density at radius 3 is 2.59 bits per heavy atom. The van der Waals surface area contributed by atoms with Crippen LogP contribution in [-0.4, -0.2) is 57.5 Å². The molecule has 0 aliphatic carbocycles. The molecule has 150 valence electrons. The number of carbonyl (C=O) groups is 2. The quantitative estimate of drug-likeness (QED) is 0.827. The van der Waals surface area contributed by atoms with E-state index in [1.807, 2.05) is 0 Å². The SMILES string of the molecule is CC(C)(C)OC(=O)NCc1ccnc(C(=O)N2CC[C@](O)(C(F)(F)F)C2)c1. The van der Waals surface area contributed by atoms with Crippen LogP contribution in [0.5, 0.6) is 0 Å². The first-order valence-electron chi connectivity index (χ1n) is 8.31. The van der Waals surface area contributed by atoms with Crippen LogP contribution in [0.15, 0.2) is 18.3 Å². The van der Waals surface area contributed by atoms with E-state index in [1.54, 1.807) is 26.8 Å². The summed E-state index contributed by atoms with van der Waals surface area (Å²) in [5, 5.41) is 12.2. The molecule has 0 bridgehead atoms. The van der Waals surface area contributed by atoms with E-state index >= 15 is 0 Å². The van der Waals surface area contributed by atoms with E-state index in [0.717, 1.165) is 4.90 Å². The average molecular weight is 389 g/mol. The fraction of sp³-hybridized carbons (Fsp3) is 0.588. The van der Waals surface area contributed by atoms with Gasteiger partial charge in [0.05, 0.1) is 6.54 Å². The number of alkyl carbamates (subject to hydrolysis) is 1. The van der Waals surface area contributed by atoms with E-state index < -0.39 is 42.3 Å². The van der Waals surface area contributed by atoms with Gasteiger partial charge >= 0.3 is 12.3 Å². The molecule has 27 heavy (non-hydrogen) atoms. The molecule has 2 rings (SSSR count). The van der Waals surface area contributed by atoms with Crippen LogP contribution in [0.25, 0.3) is 0 Å². The number of amides is 2. The van der Waals surface area contributed by atoms with Gasteiger partial charge < -0.3 is 20.1 Å². The van der Waals surface area contributed by atoms with E-state index in [4.69, 9.17) is 4.74 Å². The Balaban J connectivity index is 2.01. The third kappa shape index (κ3) is 5.31. The Labute approximate surface area is 154 Å². The van der Waals surface area contributed by atoms with Crippen molar-refractivity contribution in [3.63, 3.8) is 0 Å². The number of carbonyl (C=O) groups excluding carboxylic acids is 2. The van der Waals surface area contributed by atoms with Gasteiger partial charge in [-0.2, -0.15) is 13.2 Å². The number of nitrogens with zero attached hydrogens (tertiary/aromatic N) is 2. The molecule has 0 saturated carbocycles. The first-order chi connectivity index (χ1) is 12.3. The minimum absolute atomic E-state index is 0.0597. The molecular weight excluding hydrogens is 367 g/mol. The highest BCUT2D eigenvalue weighted by atomic mass is 19.4. The smallest absolute Gasteiger partial charge is 0.419 e. The predicted octanol–water partition coefficient (Wildman–Crippen LogP) is 2.25. The van der Waals surface area contributed by atoms with Gasteiger partial charge in [0.2, 0.25) is 0 Å². The van der Waals surface area contributed by atoms with E-state index in [2.05, 4.69) is 10.3 Å². The lowest BCUT2D eigenvalue weighted by Gasteiger charge is -2.25. The number of halogens is 3. The minimum atomic E-state index is -4.81. The molecule has 2 amide bonds. The van der Waals surface area contributed by atoms with E-state index in [1.165, 1.54) is 12.3 Å². The first kappa shape index (κ1) is 20.9. The Bertz CT molecular complexity index is 718. The van der Waals surface area contributed by atoms with Gasteiger partial charge in [-0.3, -0.25) is 9.78 Å². The second kappa shape index (κ2) is 7.34. The first-order valence-corrected chi connectivity index (χ1v) is 8.31. The van der Waals surface area contributed by atoms with Gasteiger partial charge in [0.15, 0.2) is 5.60 Å². The standard InChI is InChI=1S/C17H22F3N3O4/c1-15(2,3)27-14(25)22-9-11-4-6-21-12(8-11)13(24)23-7-5-16(26,10-23)17(18,19)20/h4,6,8,26H,5,7,9-10H2,1-3H3,(H,22,25)/t16-/m1/s1. The molecule has 0 radical (unpaired) electrons. The van der Waals surface area contributed by atoms with Crippen LogP contribution in [0.4, 0.5) is 18.0 Å². The Morgan fingerprint density at radius 2 is 2.04 bits per heavy atom. The molecular formula is C17H22F3N3O4. The van der Waals surface area contributed by atoms with Crippen molar-refractivity contribution in [2.24, 2.45) is 0 Å². The molecule has 1 aliphatic heterocycles. The van der Waals surface area contributed by atoms with Crippen LogP contribution >= 0.6 is 0 Å². The van der Waals surface area contributed by atoms with Gasteiger partial charge in [-0.05, 0) is 38.5 Å². The number of likely N-dealkylation sites (tertiary alicyclic amines) is 1. The van der Waals surface area contributed by atoms with Gasteiger partial charge in [-0.1, -0.05) is 0 Å². The number of rotatable bonds is 3. The van der Waals surface area contributed by atoms with Crippen LogP contribution < -0.4 is 5.32 Å². The lowest BCUT2D eigenvalue weighted by molar-refractivity contribution is -0.253. The molecule has 0 unspecified atom stereocenters. The van der Waals surface area contributed by atoms with Gasteiger partial charge in [0.25, 0.3) is 5.91 Å². The molecule has 1 aliphatic rings. The van der Waals surface area contributed by atoms with Crippen LogP contribution in [-0.2, 0) is 11.3 Å². The summed E-state index contributed by atoms with van der Waals surface area (Å²) in [6, 6.07) is 2.94. The maximum atomic E-state index is 12.9. The summed E-state index contributed by atoms with van der Waals surface area (Å²) >= 11 is 0. The molecule has 2 heterocycles. The van der Waals surface area contributed by atoms with Gasteiger partial charge in [0, 0.05) is 25.7 Å². The summed E-state index contributed by atoms with van der Waals surface area (Å²) in [7, 11) is 0. The van der Waals surface area contributed by atoms with Gasteiger partial charge in [0.1, 0.15) is 11.3 Å². The summed E-state index contributed by atoms with van der Waals surface area (Å²) in [5.41, 5.74) is -3.10. The van der Waals surface area contributed by atoms with Crippen molar-refractivity contribution in [3.8, 4) is 0 Å². The second-order valence-corrected chi connectivity index (χ2v) is 7.41. The monoisotopic (exact) mass is 389 g/mol. The van der Waals surface area contributed by atoms with Crippen molar-refractivity contribution in [2.45, 2.75) is 51.1 Å². The lowest BCUT2D eigenvalue weighted by atomic mass is 10.0. The van der Waals surface area contributed by atoms with Crippen molar-refractivity contribution in [2.75, 3.05) is 13.1 Å². The molecule has 1 aromatic rings. The van der Waals surface area contributed by atoms with Crippen molar-refractivity contribution < 1.29 is 32.6 Å². The maximum absolute atomic E-state index is 12.9. The zero-order valence-corrected chi connectivity index (χ0v) is 15.3. The Kier molecular flexibility index (Phi) is 5.69. The molecule has 1 saturated heterocycles. The van der Waals surface area contributed by atoms with E-state index in [-0.39, 0.29) is 18.8 Å². The number of β-amino-alcohol motifs (C(OH)–C–C–N with tert-alkyl or cyclic N) is 1. The lowest BCUT2D eigenvalue weighted by Crippen LogP contribution is -2.48. The van der Waals surface area contributed by atoms with E-state index in [9.17, 15) is 27.9 Å². The average Bonchev–Trinajstić information content (AvgIpc) is 2.94. The van der Waals surface area contributed by atoms with Crippen molar-refractivity contribution >= 4 is 12.0 Å². The summed E-state index contributed by atoms with van der Waals surface area (Å²) in [6.45, 7) is 4.15. The maximum Gasteiger partial charge on any atom is 0.419 e. The normalized spacial score (nSPS) is 20.5. The number of ether oxygens (including phenoxy) is 1. The van der Waals surface area contributed by atoms with Crippen molar-refractivity contribution in [3.05, 3.63) is 29.6 Å². The highest BCUT2D eigenvalue weighted by Gasteiger charge is 2.57. The number of nitrogens with one attached hydrogen (secondary N) is 1. The zero-order valence-electron chi connectivity index (χ0n) is 15.3. The molecule has 10 heteroatoms. The third-order valence-corrected chi connectivity index (χ3v) is 3.94.